The Labute approximate surface area is 121 Å². The molecule has 0 aromatic rings. The molecule has 4 nitrogen and oxygen atoms in total. The quantitative estimate of drug-likeness (QED) is 0.856. The SMILES string of the molecule is CCCC1CCC(N2CC(=O)NC(C3CC3)C2=O)CC1. The average Bonchev–Trinajstić information content (AvgIpc) is 3.27. The summed E-state index contributed by atoms with van der Waals surface area (Å²) < 4.78 is 0. The first-order chi connectivity index (χ1) is 9.69. The molecule has 3 aliphatic rings. The van der Waals surface area contributed by atoms with E-state index in [9.17, 15) is 9.59 Å². The molecule has 20 heavy (non-hydrogen) atoms. The van der Waals surface area contributed by atoms with Crippen LogP contribution in [0.1, 0.15) is 58.3 Å². The number of carbonyl (C=O) groups excluding carboxylic acids is 2. The maximum absolute atomic E-state index is 12.6. The van der Waals surface area contributed by atoms with E-state index in [-0.39, 0.29) is 24.4 Å². The molecule has 1 saturated heterocycles. The van der Waals surface area contributed by atoms with Crippen LogP contribution in [-0.4, -0.2) is 35.3 Å². The number of nitrogens with one attached hydrogen (secondary N) is 1. The van der Waals surface area contributed by atoms with Gasteiger partial charge in [-0.15, -0.1) is 0 Å². The molecule has 3 rings (SSSR count). The van der Waals surface area contributed by atoms with Gasteiger partial charge in [0.15, 0.2) is 0 Å². The zero-order chi connectivity index (χ0) is 14.1. The van der Waals surface area contributed by atoms with Crippen molar-refractivity contribution in [1.29, 1.82) is 0 Å². The van der Waals surface area contributed by atoms with E-state index >= 15 is 0 Å². The van der Waals surface area contributed by atoms with Gasteiger partial charge in [-0.2, -0.15) is 0 Å². The lowest BCUT2D eigenvalue weighted by molar-refractivity contribution is -0.148. The van der Waals surface area contributed by atoms with Crippen molar-refractivity contribution >= 4 is 11.8 Å². The highest BCUT2D eigenvalue weighted by atomic mass is 16.2. The first-order valence-electron chi connectivity index (χ1n) is 8.29. The van der Waals surface area contributed by atoms with Gasteiger partial charge >= 0.3 is 0 Å². The molecular formula is C16H26N2O2. The molecule has 2 saturated carbocycles. The Balaban J connectivity index is 1.61. The average molecular weight is 278 g/mol. The van der Waals surface area contributed by atoms with E-state index in [4.69, 9.17) is 0 Å². The van der Waals surface area contributed by atoms with E-state index in [1.807, 2.05) is 4.90 Å². The van der Waals surface area contributed by atoms with Gasteiger partial charge in [-0.3, -0.25) is 9.59 Å². The molecule has 4 heteroatoms. The number of nitrogens with zero attached hydrogens (tertiary/aromatic N) is 1. The molecule has 112 valence electrons. The van der Waals surface area contributed by atoms with Gasteiger partial charge in [0.2, 0.25) is 11.8 Å². The summed E-state index contributed by atoms with van der Waals surface area (Å²) in [4.78, 5) is 26.3. The Morgan fingerprint density at radius 1 is 1.10 bits per heavy atom. The zero-order valence-corrected chi connectivity index (χ0v) is 12.4. The third-order valence-electron chi connectivity index (χ3n) is 5.23. The van der Waals surface area contributed by atoms with Gasteiger partial charge in [0.25, 0.3) is 0 Å². The molecule has 1 unspecified atom stereocenters. The molecule has 0 spiro atoms. The first-order valence-corrected chi connectivity index (χ1v) is 8.29. The Hall–Kier alpha value is -1.06. The molecule has 1 N–H and O–H groups in total. The van der Waals surface area contributed by atoms with Crippen LogP contribution >= 0.6 is 0 Å². The van der Waals surface area contributed by atoms with Crippen molar-refractivity contribution in [2.75, 3.05) is 6.54 Å². The van der Waals surface area contributed by atoms with E-state index in [1.165, 1.54) is 25.7 Å². The molecule has 3 fully saturated rings. The predicted octanol–water partition coefficient (Wildman–Crippen LogP) is 2.08. The van der Waals surface area contributed by atoms with Crippen LogP contribution in [0.25, 0.3) is 0 Å². The Morgan fingerprint density at radius 3 is 2.40 bits per heavy atom. The highest BCUT2D eigenvalue weighted by Gasteiger charge is 2.44. The second kappa shape index (κ2) is 5.74. The van der Waals surface area contributed by atoms with Crippen LogP contribution < -0.4 is 5.32 Å². The molecule has 0 aromatic carbocycles. The van der Waals surface area contributed by atoms with Crippen molar-refractivity contribution in [2.24, 2.45) is 11.8 Å². The third-order valence-corrected chi connectivity index (χ3v) is 5.23. The van der Waals surface area contributed by atoms with Crippen LogP contribution in [-0.2, 0) is 9.59 Å². The van der Waals surface area contributed by atoms with E-state index in [2.05, 4.69) is 12.2 Å². The van der Waals surface area contributed by atoms with Gasteiger partial charge in [-0.05, 0) is 50.4 Å². The Kier molecular flexibility index (Phi) is 3.99. The third kappa shape index (κ3) is 2.84. The summed E-state index contributed by atoms with van der Waals surface area (Å²) in [5.41, 5.74) is 0. The number of hydrogen-bond acceptors (Lipinski definition) is 2. The van der Waals surface area contributed by atoms with Crippen LogP contribution in [0, 0.1) is 11.8 Å². The standard InChI is InChI=1S/C16H26N2O2/c1-2-3-11-4-8-13(9-5-11)18-10-14(19)17-15(16(18)20)12-6-7-12/h11-13,15H,2-10H2,1H3,(H,17,19). The first kappa shape index (κ1) is 13.9. The molecule has 1 atom stereocenters. The number of rotatable bonds is 4. The van der Waals surface area contributed by atoms with Crippen LogP contribution in [0.3, 0.4) is 0 Å². The fourth-order valence-electron chi connectivity index (χ4n) is 3.90. The molecule has 1 aliphatic heterocycles. The lowest BCUT2D eigenvalue weighted by atomic mass is 9.82. The minimum absolute atomic E-state index is 0.0391. The topological polar surface area (TPSA) is 49.4 Å². The van der Waals surface area contributed by atoms with Gasteiger partial charge in [0.05, 0.1) is 6.54 Å². The smallest absolute Gasteiger partial charge is 0.246 e. The van der Waals surface area contributed by atoms with Gasteiger partial charge in [-0.1, -0.05) is 19.8 Å². The van der Waals surface area contributed by atoms with Crippen molar-refractivity contribution in [3.63, 3.8) is 0 Å². The molecule has 2 aliphatic carbocycles. The minimum atomic E-state index is -0.218. The summed E-state index contributed by atoms with van der Waals surface area (Å²) >= 11 is 0. The van der Waals surface area contributed by atoms with Crippen molar-refractivity contribution < 1.29 is 9.59 Å². The second-order valence-electron chi connectivity index (χ2n) is 6.81. The summed E-state index contributed by atoms with van der Waals surface area (Å²) in [6, 6.07) is 0.0903. The molecule has 1 heterocycles. The zero-order valence-electron chi connectivity index (χ0n) is 12.4. The second-order valence-corrected chi connectivity index (χ2v) is 6.81. The molecule has 0 bridgehead atoms. The van der Waals surface area contributed by atoms with Crippen LogP contribution in [0.5, 0.6) is 0 Å². The number of amides is 2. The van der Waals surface area contributed by atoms with Gasteiger partial charge in [-0.25, -0.2) is 0 Å². The fraction of sp³-hybridized carbons (Fsp3) is 0.875. The number of piperazine rings is 1. The van der Waals surface area contributed by atoms with E-state index in [0.717, 1.165) is 31.6 Å². The monoisotopic (exact) mass is 278 g/mol. The normalized spacial score (nSPS) is 35.0. The molecular weight excluding hydrogens is 252 g/mol. The van der Waals surface area contributed by atoms with Gasteiger partial charge in [0.1, 0.15) is 6.04 Å². The molecule has 0 aromatic heterocycles. The lowest BCUT2D eigenvalue weighted by Crippen LogP contribution is -2.61. The van der Waals surface area contributed by atoms with Crippen LogP contribution in [0.4, 0.5) is 0 Å². The molecule has 0 radical (unpaired) electrons. The van der Waals surface area contributed by atoms with Crippen molar-refractivity contribution in [1.82, 2.24) is 10.2 Å². The summed E-state index contributed by atoms with van der Waals surface area (Å²) in [5, 5.41) is 2.90. The maximum Gasteiger partial charge on any atom is 0.246 e. The minimum Gasteiger partial charge on any atom is -0.342 e. The highest BCUT2D eigenvalue weighted by Crippen LogP contribution is 2.36. The maximum atomic E-state index is 12.6. The number of carbonyl (C=O) groups is 2. The van der Waals surface area contributed by atoms with E-state index in [1.54, 1.807) is 0 Å². The van der Waals surface area contributed by atoms with E-state index in [0.29, 0.717) is 12.0 Å². The van der Waals surface area contributed by atoms with Gasteiger partial charge < -0.3 is 10.2 Å². The lowest BCUT2D eigenvalue weighted by Gasteiger charge is -2.41. The Morgan fingerprint density at radius 2 is 1.80 bits per heavy atom. The predicted molar refractivity (Wildman–Crippen MR) is 77.0 cm³/mol. The summed E-state index contributed by atoms with van der Waals surface area (Å²) in [5.74, 6) is 1.47. The largest absolute Gasteiger partial charge is 0.342 e. The van der Waals surface area contributed by atoms with E-state index < -0.39 is 0 Å². The van der Waals surface area contributed by atoms with Gasteiger partial charge in [0, 0.05) is 6.04 Å². The fourth-order valence-corrected chi connectivity index (χ4v) is 3.90. The number of hydrogen-bond donors (Lipinski definition) is 1. The molecule has 2 amide bonds. The summed E-state index contributed by atoms with van der Waals surface area (Å²) in [6.07, 6.45) is 9.36. The summed E-state index contributed by atoms with van der Waals surface area (Å²) in [6.45, 7) is 2.52. The van der Waals surface area contributed by atoms with Crippen molar-refractivity contribution in [3.8, 4) is 0 Å². The highest BCUT2D eigenvalue weighted by molar-refractivity contribution is 5.95. The van der Waals surface area contributed by atoms with Crippen LogP contribution in [0.15, 0.2) is 0 Å². The van der Waals surface area contributed by atoms with Crippen LogP contribution in [0.2, 0.25) is 0 Å². The van der Waals surface area contributed by atoms with Crippen molar-refractivity contribution in [3.05, 3.63) is 0 Å². The Bertz CT molecular complexity index is 384. The summed E-state index contributed by atoms with van der Waals surface area (Å²) in [7, 11) is 0. The van der Waals surface area contributed by atoms with Crippen molar-refractivity contribution in [2.45, 2.75) is 70.4 Å².